The Morgan fingerprint density at radius 2 is 1.80 bits per heavy atom. The van der Waals surface area contributed by atoms with Crippen LogP contribution in [0.5, 0.6) is 0 Å². The van der Waals surface area contributed by atoms with E-state index in [1.165, 1.54) is 12.8 Å². The van der Waals surface area contributed by atoms with Crippen molar-refractivity contribution in [3.8, 4) is 0 Å². The Balaban J connectivity index is 3.22. The number of hydrogen-bond donors (Lipinski definition) is 2. The van der Waals surface area contributed by atoms with Crippen LogP contribution in [-0.4, -0.2) is 23.5 Å². The van der Waals surface area contributed by atoms with Crippen LogP contribution in [-0.2, 0) is 9.59 Å². The van der Waals surface area contributed by atoms with E-state index < -0.39 is 5.97 Å². The standard InChI is InChI=1S/C11H21NO3/c1-2-3-4-5-7-10(13)12-9-6-8-11(14)15/h2-9H2,1H3,(H,12,13)(H,14,15). The van der Waals surface area contributed by atoms with Crippen molar-refractivity contribution in [1.29, 1.82) is 0 Å². The molecule has 0 aliphatic heterocycles. The lowest BCUT2D eigenvalue weighted by Crippen LogP contribution is -2.24. The summed E-state index contributed by atoms with van der Waals surface area (Å²) in [6, 6.07) is 0. The van der Waals surface area contributed by atoms with E-state index in [9.17, 15) is 9.59 Å². The molecule has 0 fully saturated rings. The summed E-state index contributed by atoms with van der Waals surface area (Å²) in [5.74, 6) is -0.774. The van der Waals surface area contributed by atoms with Crippen molar-refractivity contribution in [3.05, 3.63) is 0 Å². The van der Waals surface area contributed by atoms with Crippen LogP contribution in [0, 0.1) is 0 Å². The minimum absolute atomic E-state index is 0.0384. The Bertz CT molecular complexity index is 192. The maximum atomic E-state index is 11.2. The predicted molar refractivity (Wildman–Crippen MR) is 58.6 cm³/mol. The summed E-state index contributed by atoms with van der Waals surface area (Å²) in [6.07, 6.45) is 5.56. The Labute approximate surface area is 91.1 Å². The normalized spacial score (nSPS) is 9.93. The van der Waals surface area contributed by atoms with E-state index in [2.05, 4.69) is 12.2 Å². The van der Waals surface area contributed by atoms with E-state index >= 15 is 0 Å². The average molecular weight is 215 g/mol. The molecule has 0 aromatic rings. The number of carbonyl (C=O) groups excluding carboxylic acids is 1. The molecule has 4 nitrogen and oxygen atoms in total. The van der Waals surface area contributed by atoms with Gasteiger partial charge in [0.1, 0.15) is 0 Å². The van der Waals surface area contributed by atoms with Crippen molar-refractivity contribution in [1.82, 2.24) is 5.32 Å². The molecule has 0 atom stereocenters. The average Bonchev–Trinajstić information content (AvgIpc) is 2.19. The van der Waals surface area contributed by atoms with E-state index in [-0.39, 0.29) is 12.3 Å². The smallest absolute Gasteiger partial charge is 0.303 e. The number of rotatable bonds is 9. The van der Waals surface area contributed by atoms with Gasteiger partial charge in [0, 0.05) is 19.4 Å². The lowest BCUT2D eigenvalue weighted by atomic mass is 10.1. The highest BCUT2D eigenvalue weighted by atomic mass is 16.4. The quantitative estimate of drug-likeness (QED) is 0.578. The number of amides is 1. The highest BCUT2D eigenvalue weighted by molar-refractivity contribution is 5.75. The molecule has 0 heterocycles. The molecular weight excluding hydrogens is 194 g/mol. The van der Waals surface area contributed by atoms with Gasteiger partial charge in [-0.05, 0) is 12.8 Å². The first-order valence-electron chi connectivity index (χ1n) is 5.65. The van der Waals surface area contributed by atoms with Crippen LogP contribution in [0.2, 0.25) is 0 Å². The zero-order chi connectivity index (χ0) is 11.5. The summed E-state index contributed by atoms with van der Waals surface area (Å²) in [7, 11) is 0. The van der Waals surface area contributed by atoms with Crippen LogP contribution in [0.25, 0.3) is 0 Å². The minimum atomic E-state index is -0.813. The largest absolute Gasteiger partial charge is 0.481 e. The van der Waals surface area contributed by atoms with Crippen molar-refractivity contribution >= 4 is 11.9 Å². The van der Waals surface area contributed by atoms with E-state index in [1.54, 1.807) is 0 Å². The first-order valence-corrected chi connectivity index (χ1v) is 5.65. The molecule has 2 N–H and O–H groups in total. The molecule has 1 amide bonds. The van der Waals surface area contributed by atoms with Crippen molar-refractivity contribution in [2.45, 2.75) is 51.9 Å². The molecule has 0 aromatic carbocycles. The van der Waals surface area contributed by atoms with Crippen molar-refractivity contribution in [3.63, 3.8) is 0 Å². The van der Waals surface area contributed by atoms with Crippen LogP contribution in [0.4, 0.5) is 0 Å². The third-order valence-corrected chi connectivity index (χ3v) is 2.15. The zero-order valence-corrected chi connectivity index (χ0v) is 9.42. The summed E-state index contributed by atoms with van der Waals surface area (Å²) in [5, 5.41) is 11.1. The van der Waals surface area contributed by atoms with Crippen LogP contribution in [0.1, 0.15) is 51.9 Å². The number of carbonyl (C=O) groups is 2. The molecule has 0 bridgehead atoms. The molecule has 0 saturated heterocycles. The molecule has 0 saturated carbocycles. The van der Waals surface area contributed by atoms with E-state index in [1.807, 2.05) is 0 Å². The lowest BCUT2D eigenvalue weighted by molar-refractivity contribution is -0.137. The molecule has 0 radical (unpaired) electrons. The van der Waals surface area contributed by atoms with Gasteiger partial charge >= 0.3 is 5.97 Å². The Morgan fingerprint density at radius 3 is 2.40 bits per heavy atom. The van der Waals surface area contributed by atoms with Crippen LogP contribution >= 0.6 is 0 Å². The summed E-state index contributed by atoms with van der Waals surface area (Å²) in [6.45, 7) is 2.60. The molecular formula is C11H21NO3. The summed E-state index contributed by atoms with van der Waals surface area (Å²) >= 11 is 0. The van der Waals surface area contributed by atoms with E-state index in [0.29, 0.717) is 19.4 Å². The number of nitrogens with one attached hydrogen (secondary N) is 1. The third-order valence-electron chi connectivity index (χ3n) is 2.15. The van der Waals surface area contributed by atoms with Crippen LogP contribution in [0.3, 0.4) is 0 Å². The van der Waals surface area contributed by atoms with Gasteiger partial charge in [-0.1, -0.05) is 26.2 Å². The Morgan fingerprint density at radius 1 is 1.07 bits per heavy atom. The predicted octanol–water partition coefficient (Wildman–Crippen LogP) is 1.94. The molecule has 0 rings (SSSR count). The zero-order valence-electron chi connectivity index (χ0n) is 9.42. The molecule has 0 aliphatic carbocycles. The highest BCUT2D eigenvalue weighted by Gasteiger charge is 2.01. The fraction of sp³-hybridized carbons (Fsp3) is 0.818. The van der Waals surface area contributed by atoms with Gasteiger partial charge in [0.05, 0.1) is 0 Å². The number of carboxylic acid groups (broad SMARTS) is 1. The summed E-state index contributed by atoms with van der Waals surface area (Å²) < 4.78 is 0. The first-order chi connectivity index (χ1) is 7.16. The number of unbranched alkanes of at least 4 members (excludes halogenated alkanes) is 3. The fourth-order valence-electron chi connectivity index (χ4n) is 1.27. The molecule has 88 valence electrons. The number of carboxylic acids is 1. The van der Waals surface area contributed by atoms with Gasteiger partial charge in [0.25, 0.3) is 0 Å². The third kappa shape index (κ3) is 10.9. The molecule has 15 heavy (non-hydrogen) atoms. The van der Waals surface area contributed by atoms with Gasteiger partial charge in [0.15, 0.2) is 0 Å². The first kappa shape index (κ1) is 13.9. The van der Waals surface area contributed by atoms with Crippen molar-refractivity contribution in [2.75, 3.05) is 6.54 Å². The Hall–Kier alpha value is -1.06. The highest BCUT2D eigenvalue weighted by Crippen LogP contribution is 2.01. The topological polar surface area (TPSA) is 66.4 Å². The fourth-order valence-corrected chi connectivity index (χ4v) is 1.27. The van der Waals surface area contributed by atoms with Crippen molar-refractivity contribution < 1.29 is 14.7 Å². The monoisotopic (exact) mass is 215 g/mol. The molecule has 0 aliphatic rings. The van der Waals surface area contributed by atoms with E-state index in [4.69, 9.17) is 5.11 Å². The van der Waals surface area contributed by atoms with Gasteiger partial charge in [0.2, 0.25) is 5.91 Å². The maximum absolute atomic E-state index is 11.2. The van der Waals surface area contributed by atoms with Gasteiger partial charge in [-0.25, -0.2) is 0 Å². The number of hydrogen-bond acceptors (Lipinski definition) is 2. The van der Waals surface area contributed by atoms with Crippen LogP contribution in [0.15, 0.2) is 0 Å². The number of aliphatic carboxylic acids is 1. The Kier molecular flexibility index (Phi) is 8.82. The van der Waals surface area contributed by atoms with Crippen molar-refractivity contribution in [2.24, 2.45) is 0 Å². The second-order valence-corrected chi connectivity index (χ2v) is 3.66. The SMILES string of the molecule is CCCCCCC(=O)NCCCC(=O)O. The minimum Gasteiger partial charge on any atom is -0.481 e. The molecule has 0 unspecified atom stereocenters. The lowest BCUT2D eigenvalue weighted by Gasteiger charge is -2.03. The van der Waals surface area contributed by atoms with Gasteiger partial charge in [-0.2, -0.15) is 0 Å². The van der Waals surface area contributed by atoms with Crippen LogP contribution < -0.4 is 5.32 Å². The maximum Gasteiger partial charge on any atom is 0.303 e. The second kappa shape index (κ2) is 9.49. The molecule has 0 spiro atoms. The summed E-state index contributed by atoms with van der Waals surface area (Å²) in [5.41, 5.74) is 0. The molecule has 0 aromatic heterocycles. The van der Waals surface area contributed by atoms with E-state index in [0.717, 1.165) is 12.8 Å². The summed E-state index contributed by atoms with van der Waals surface area (Å²) in [4.78, 5) is 21.4. The molecule has 4 heteroatoms. The van der Waals surface area contributed by atoms with Gasteiger partial charge in [-0.3, -0.25) is 9.59 Å². The van der Waals surface area contributed by atoms with Gasteiger partial charge < -0.3 is 10.4 Å². The van der Waals surface area contributed by atoms with Gasteiger partial charge in [-0.15, -0.1) is 0 Å². The second-order valence-electron chi connectivity index (χ2n) is 3.66.